The summed E-state index contributed by atoms with van der Waals surface area (Å²) >= 11 is 0. The van der Waals surface area contributed by atoms with E-state index in [-0.39, 0.29) is 0 Å². The van der Waals surface area contributed by atoms with Crippen molar-refractivity contribution in [2.24, 2.45) is 0 Å². The molecule has 1 aliphatic heterocycles. The van der Waals surface area contributed by atoms with Crippen LogP contribution in [0.5, 0.6) is 0 Å². The van der Waals surface area contributed by atoms with E-state index in [9.17, 15) is 0 Å². The summed E-state index contributed by atoms with van der Waals surface area (Å²) in [5.41, 5.74) is 8.46. The maximum Gasteiger partial charge on any atom is 0.0447 e. The summed E-state index contributed by atoms with van der Waals surface area (Å²) in [7, 11) is 2.17. The third kappa shape index (κ3) is 2.41. The average molecular weight is 313 g/mol. The van der Waals surface area contributed by atoms with Gasteiger partial charge >= 0.3 is 0 Å². The predicted octanol–water partition coefficient (Wildman–Crippen LogP) is 5.70. The Bertz CT molecular complexity index is 818. The number of nitrogens with zero attached hydrogens (tertiary/aromatic N) is 1. The standard InChI is InChI=1S/C23H23N/c1-3-17-10-4-5-11-18(17)16-21-19-12-6-8-14-22(19)24(2)23-15-9-7-13-20(21)23/h4-15,21H,3,16H2,1-2H3. The van der Waals surface area contributed by atoms with Crippen LogP contribution < -0.4 is 4.90 Å². The zero-order chi connectivity index (χ0) is 16.5. The van der Waals surface area contributed by atoms with Crippen molar-refractivity contribution >= 4 is 11.4 Å². The van der Waals surface area contributed by atoms with E-state index < -0.39 is 0 Å². The third-order valence-corrected chi connectivity index (χ3v) is 5.27. The van der Waals surface area contributed by atoms with Crippen molar-refractivity contribution in [2.75, 3.05) is 11.9 Å². The first-order valence-electron chi connectivity index (χ1n) is 8.78. The van der Waals surface area contributed by atoms with Crippen LogP contribution in [0.2, 0.25) is 0 Å². The Morgan fingerprint density at radius 2 is 1.21 bits per heavy atom. The molecule has 0 atom stereocenters. The number of para-hydroxylation sites is 2. The fourth-order valence-corrected chi connectivity index (χ4v) is 4.01. The highest BCUT2D eigenvalue weighted by Gasteiger charge is 2.28. The van der Waals surface area contributed by atoms with Crippen molar-refractivity contribution in [2.45, 2.75) is 25.7 Å². The summed E-state index contributed by atoms with van der Waals surface area (Å²) in [6.45, 7) is 2.25. The fourth-order valence-electron chi connectivity index (χ4n) is 4.01. The molecular weight excluding hydrogens is 290 g/mol. The maximum absolute atomic E-state index is 2.33. The molecular formula is C23H23N. The van der Waals surface area contributed by atoms with Gasteiger partial charge in [0, 0.05) is 24.3 Å². The van der Waals surface area contributed by atoms with Crippen molar-refractivity contribution in [3.63, 3.8) is 0 Å². The quantitative estimate of drug-likeness (QED) is 0.599. The first kappa shape index (κ1) is 15.0. The Balaban J connectivity index is 1.85. The molecule has 0 aliphatic carbocycles. The minimum Gasteiger partial charge on any atom is -0.344 e. The van der Waals surface area contributed by atoms with Gasteiger partial charge in [-0.1, -0.05) is 67.6 Å². The molecule has 0 fully saturated rings. The lowest BCUT2D eigenvalue weighted by atomic mass is 9.80. The van der Waals surface area contributed by atoms with Gasteiger partial charge in [-0.3, -0.25) is 0 Å². The topological polar surface area (TPSA) is 3.24 Å². The fraction of sp³-hybridized carbons (Fsp3) is 0.217. The second kappa shape index (κ2) is 6.16. The van der Waals surface area contributed by atoms with Crippen LogP contribution in [0.15, 0.2) is 72.8 Å². The molecule has 1 nitrogen and oxygen atoms in total. The van der Waals surface area contributed by atoms with E-state index in [2.05, 4.69) is 91.7 Å². The van der Waals surface area contributed by atoms with E-state index >= 15 is 0 Å². The highest BCUT2D eigenvalue weighted by molar-refractivity contribution is 5.75. The highest BCUT2D eigenvalue weighted by atomic mass is 15.1. The van der Waals surface area contributed by atoms with E-state index in [1.165, 1.54) is 33.6 Å². The molecule has 0 amide bonds. The van der Waals surface area contributed by atoms with Gasteiger partial charge in [0.25, 0.3) is 0 Å². The smallest absolute Gasteiger partial charge is 0.0447 e. The largest absolute Gasteiger partial charge is 0.344 e. The molecule has 0 saturated heterocycles. The number of benzene rings is 3. The Labute approximate surface area is 144 Å². The van der Waals surface area contributed by atoms with Gasteiger partial charge in [0.15, 0.2) is 0 Å². The van der Waals surface area contributed by atoms with Gasteiger partial charge in [0.1, 0.15) is 0 Å². The summed E-state index contributed by atoms with van der Waals surface area (Å²) in [6.07, 6.45) is 2.15. The van der Waals surface area contributed by atoms with E-state index in [0.29, 0.717) is 5.92 Å². The summed E-state index contributed by atoms with van der Waals surface area (Å²) < 4.78 is 0. The zero-order valence-corrected chi connectivity index (χ0v) is 14.4. The van der Waals surface area contributed by atoms with Crippen molar-refractivity contribution in [3.05, 3.63) is 95.1 Å². The lowest BCUT2D eigenvalue weighted by Gasteiger charge is -2.35. The molecule has 0 bridgehead atoms. The van der Waals surface area contributed by atoms with Gasteiger partial charge in [-0.25, -0.2) is 0 Å². The van der Waals surface area contributed by atoms with Crippen molar-refractivity contribution in [1.82, 2.24) is 0 Å². The van der Waals surface area contributed by atoms with Gasteiger partial charge < -0.3 is 4.90 Å². The number of hydrogen-bond donors (Lipinski definition) is 0. The number of aryl methyl sites for hydroxylation is 1. The number of fused-ring (bicyclic) bond motifs is 2. The van der Waals surface area contributed by atoms with Gasteiger partial charge in [-0.15, -0.1) is 0 Å². The van der Waals surface area contributed by atoms with Gasteiger partial charge in [0.2, 0.25) is 0 Å². The first-order valence-corrected chi connectivity index (χ1v) is 8.78. The minimum atomic E-state index is 0.418. The van der Waals surface area contributed by atoms with Crippen LogP contribution in [-0.2, 0) is 12.8 Å². The minimum absolute atomic E-state index is 0.418. The SMILES string of the molecule is CCc1ccccc1CC1c2ccccc2N(C)c2ccccc21. The van der Waals surface area contributed by atoms with E-state index in [1.54, 1.807) is 0 Å². The molecule has 3 aromatic carbocycles. The second-order valence-corrected chi connectivity index (χ2v) is 6.56. The Hall–Kier alpha value is -2.54. The molecule has 3 aromatic rings. The molecule has 4 rings (SSSR count). The lowest BCUT2D eigenvalue weighted by Crippen LogP contribution is -2.22. The van der Waals surface area contributed by atoms with E-state index in [0.717, 1.165) is 12.8 Å². The van der Waals surface area contributed by atoms with E-state index in [1.807, 2.05) is 0 Å². The molecule has 0 aromatic heterocycles. The van der Waals surface area contributed by atoms with Crippen LogP contribution in [0.25, 0.3) is 0 Å². The summed E-state index contributed by atoms with van der Waals surface area (Å²) in [6, 6.07) is 26.6. The van der Waals surface area contributed by atoms with Crippen molar-refractivity contribution < 1.29 is 0 Å². The molecule has 1 aliphatic rings. The summed E-state index contributed by atoms with van der Waals surface area (Å²) in [4.78, 5) is 2.33. The van der Waals surface area contributed by atoms with Gasteiger partial charge in [0.05, 0.1) is 0 Å². The molecule has 1 heteroatoms. The predicted molar refractivity (Wildman–Crippen MR) is 102 cm³/mol. The number of anilines is 2. The molecule has 0 radical (unpaired) electrons. The Morgan fingerprint density at radius 1 is 0.708 bits per heavy atom. The Kier molecular flexibility index (Phi) is 3.86. The van der Waals surface area contributed by atoms with Crippen LogP contribution in [0.3, 0.4) is 0 Å². The monoisotopic (exact) mass is 313 g/mol. The normalized spacial score (nSPS) is 13.5. The zero-order valence-electron chi connectivity index (χ0n) is 14.4. The molecule has 1 heterocycles. The van der Waals surface area contributed by atoms with Crippen LogP contribution in [-0.4, -0.2) is 7.05 Å². The molecule has 24 heavy (non-hydrogen) atoms. The highest BCUT2D eigenvalue weighted by Crippen LogP contribution is 2.45. The van der Waals surface area contributed by atoms with Gasteiger partial charge in [-0.05, 0) is 47.2 Å². The number of hydrogen-bond acceptors (Lipinski definition) is 1. The molecule has 0 spiro atoms. The van der Waals surface area contributed by atoms with Crippen LogP contribution in [0, 0.1) is 0 Å². The van der Waals surface area contributed by atoms with Crippen LogP contribution >= 0.6 is 0 Å². The van der Waals surface area contributed by atoms with Crippen molar-refractivity contribution in [1.29, 1.82) is 0 Å². The first-order chi connectivity index (χ1) is 11.8. The second-order valence-electron chi connectivity index (χ2n) is 6.56. The number of rotatable bonds is 3. The average Bonchev–Trinajstić information content (AvgIpc) is 2.65. The summed E-state index contributed by atoms with van der Waals surface area (Å²) in [5, 5.41) is 0. The van der Waals surface area contributed by atoms with E-state index in [4.69, 9.17) is 0 Å². The third-order valence-electron chi connectivity index (χ3n) is 5.27. The maximum atomic E-state index is 2.33. The molecule has 0 N–H and O–H groups in total. The molecule has 0 unspecified atom stereocenters. The molecule has 0 saturated carbocycles. The van der Waals surface area contributed by atoms with Crippen molar-refractivity contribution in [3.8, 4) is 0 Å². The van der Waals surface area contributed by atoms with Gasteiger partial charge in [-0.2, -0.15) is 0 Å². The summed E-state index contributed by atoms with van der Waals surface area (Å²) in [5.74, 6) is 0.418. The van der Waals surface area contributed by atoms with Crippen LogP contribution in [0.1, 0.15) is 35.1 Å². The van der Waals surface area contributed by atoms with Crippen LogP contribution in [0.4, 0.5) is 11.4 Å². The Morgan fingerprint density at radius 3 is 1.79 bits per heavy atom. The molecule has 120 valence electrons. The lowest BCUT2D eigenvalue weighted by molar-refractivity contribution is 0.777.